The highest BCUT2D eigenvalue weighted by Crippen LogP contribution is 2.29. The van der Waals surface area contributed by atoms with E-state index in [1.807, 2.05) is 20.1 Å². The van der Waals surface area contributed by atoms with Crippen molar-refractivity contribution in [2.45, 2.75) is 26.1 Å². The molecule has 1 fully saturated rings. The summed E-state index contributed by atoms with van der Waals surface area (Å²) < 4.78 is 26.5. The van der Waals surface area contributed by atoms with Crippen LogP contribution in [-0.2, 0) is 4.79 Å². The van der Waals surface area contributed by atoms with Crippen molar-refractivity contribution in [3.63, 3.8) is 0 Å². The molecule has 1 aromatic carbocycles. The third kappa shape index (κ3) is 3.37. The number of halogens is 2. The minimum Gasteiger partial charge on any atom is -0.321 e. The number of amides is 1. The van der Waals surface area contributed by atoms with Gasteiger partial charge in [0, 0.05) is 12.3 Å². The van der Waals surface area contributed by atoms with Gasteiger partial charge in [-0.3, -0.25) is 10.1 Å². The first-order chi connectivity index (χ1) is 9.95. The quantitative estimate of drug-likeness (QED) is 0.907. The Morgan fingerprint density at radius 3 is 2.62 bits per heavy atom. The van der Waals surface area contributed by atoms with Crippen molar-refractivity contribution in [2.24, 2.45) is 5.92 Å². The molecule has 1 heterocycles. The predicted molar refractivity (Wildman–Crippen MR) is 81.0 cm³/mol. The number of carbonyl (C=O) groups excluding carboxylic acids is 1. The highest BCUT2D eigenvalue weighted by molar-refractivity contribution is 7.98. The average Bonchev–Trinajstić information content (AvgIpc) is 2.77. The molecule has 0 aliphatic carbocycles. The minimum absolute atomic E-state index is 0.0220. The van der Waals surface area contributed by atoms with Gasteiger partial charge in [0.15, 0.2) is 11.6 Å². The lowest BCUT2D eigenvalue weighted by atomic mass is 10.1. The Hall–Kier alpha value is -1.14. The summed E-state index contributed by atoms with van der Waals surface area (Å²) in [6.45, 7) is 4.52. The summed E-state index contributed by atoms with van der Waals surface area (Å²) in [6, 6.07) is 3.50. The van der Waals surface area contributed by atoms with Crippen molar-refractivity contribution < 1.29 is 13.6 Å². The first-order valence-electron chi connectivity index (χ1n) is 6.96. The van der Waals surface area contributed by atoms with Crippen molar-refractivity contribution in [3.05, 3.63) is 35.4 Å². The van der Waals surface area contributed by atoms with Gasteiger partial charge in [0.1, 0.15) is 6.17 Å². The van der Waals surface area contributed by atoms with Crippen LogP contribution in [0.25, 0.3) is 0 Å². The van der Waals surface area contributed by atoms with Crippen LogP contribution in [0.2, 0.25) is 0 Å². The number of rotatable bonds is 5. The van der Waals surface area contributed by atoms with E-state index < -0.39 is 17.8 Å². The van der Waals surface area contributed by atoms with Crippen LogP contribution >= 0.6 is 11.8 Å². The van der Waals surface area contributed by atoms with E-state index in [2.05, 4.69) is 5.32 Å². The van der Waals surface area contributed by atoms with Crippen LogP contribution in [0.15, 0.2) is 18.2 Å². The Labute approximate surface area is 128 Å². The van der Waals surface area contributed by atoms with Crippen molar-refractivity contribution in [1.82, 2.24) is 10.2 Å². The summed E-state index contributed by atoms with van der Waals surface area (Å²) >= 11 is 1.65. The highest BCUT2D eigenvalue weighted by atomic mass is 32.2. The fraction of sp³-hybridized carbons (Fsp3) is 0.533. The summed E-state index contributed by atoms with van der Waals surface area (Å²) in [4.78, 5) is 14.2. The molecule has 3 nitrogen and oxygen atoms in total. The zero-order chi connectivity index (χ0) is 15.6. The molecule has 1 aliphatic heterocycles. The summed E-state index contributed by atoms with van der Waals surface area (Å²) in [5.41, 5.74) is 0.575. The molecule has 2 rings (SSSR count). The molecular formula is C15H20F2N2OS. The van der Waals surface area contributed by atoms with Crippen LogP contribution in [0.1, 0.15) is 25.6 Å². The maximum absolute atomic E-state index is 13.5. The van der Waals surface area contributed by atoms with E-state index in [-0.39, 0.29) is 17.9 Å². The van der Waals surface area contributed by atoms with Gasteiger partial charge in [-0.15, -0.1) is 0 Å². The van der Waals surface area contributed by atoms with Crippen LogP contribution in [0.4, 0.5) is 8.78 Å². The van der Waals surface area contributed by atoms with Crippen molar-refractivity contribution in [3.8, 4) is 0 Å². The van der Waals surface area contributed by atoms with Gasteiger partial charge in [-0.1, -0.05) is 19.9 Å². The maximum atomic E-state index is 13.5. The second-order valence-electron chi connectivity index (χ2n) is 5.49. The standard InChI is InChI=1S/C15H20F2N2OS/c1-9(2)13-15(20)19(6-7-21-3)14(18-13)10-4-5-11(16)12(17)8-10/h4-5,8-9,13-14,18H,6-7H2,1-3H3. The van der Waals surface area contributed by atoms with E-state index in [9.17, 15) is 13.6 Å². The lowest BCUT2D eigenvalue weighted by Gasteiger charge is -2.24. The first-order valence-corrected chi connectivity index (χ1v) is 8.35. The molecule has 0 bridgehead atoms. The Morgan fingerprint density at radius 1 is 1.33 bits per heavy atom. The lowest BCUT2D eigenvalue weighted by Crippen LogP contribution is -2.35. The van der Waals surface area contributed by atoms with Crippen LogP contribution < -0.4 is 5.32 Å². The van der Waals surface area contributed by atoms with Crippen molar-refractivity contribution >= 4 is 17.7 Å². The van der Waals surface area contributed by atoms with E-state index >= 15 is 0 Å². The molecule has 6 heteroatoms. The number of hydrogen-bond acceptors (Lipinski definition) is 3. The summed E-state index contributed by atoms with van der Waals surface area (Å²) in [7, 11) is 0. The van der Waals surface area contributed by atoms with Crippen LogP contribution in [0.5, 0.6) is 0 Å². The first kappa shape index (κ1) is 16.2. The van der Waals surface area contributed by atoms with Crippen molar-refractivity contribution in [1.29, 1.82) is 0 Å². The van der Waals surface area contributed by atoms with E-state index in [0.717, 1.165) is 17.9 Å². The number of benzene rings is 1. The molecule has 1 aromatic rings. The van der Waals surface area contributed by atoms with Gasteiger partial charge in [-0.25, -0.2) is 8.78 Å². The zero-order valence-electron chi connectivity index (χ0n) is 12.4. The van der Waals surface area contributed by atoms with Gasteiger partial charge in [0.05, 0.1) is 6.04 Å². The Morgan fingerprint density at radius 2 is 2.05 bits per heavy atom. The molecule has 1 saturated heterocycles. The molecule has 0 saturated carbocycles. The molecule has 1 N–H and O–H groups in total. The zero-order valence-corrected chi connectivity index (χ0v) is 13.2. The van der Waals surface area contributed by atoms with Gasteiger partial charge >= 0.3 is 0 Å². The van der Waals surface area contributed by atoms with Gasteiger partial charge in [-0.2, -0.15) is 11.8 Å². The number of thioether (sulfide) groups is 1. The molecule has 1 amide bonds. The second-order valence-corrected chi connectivity index (χ2v) is 6.47. The molecule has 116 valence electrons. The largest absolute Gasteiger partial charge is 0.321 e. The van der Waals surface area contributed by atoms with Gasteiger partial charge < -0.3 is 4.90 Å². The van der Waals surface area contributed by atoms with Crippen LogP contribution in [0.3, 0.4) is 0 Å². The third-order valence-corrected chi connectivity index (χ3v) is 4.25. The summed E-state index contributed by atoms with van der Waals surface area (Å²) in [6.07, 6.45) is 1.58. The smallest absolute Gasteiger partial charge is 0.241 e. The SMILES string of the molecule is CSCCN1C(=O)C(C(C)C)NC1c1ccc(F)c(F)c1. The lowest BCUT2D eigenvalue weighted by molar-refractivity contribution is -0.130. The van der Waals surface area contributed by atoms with Gasteiger partial charge in [0.25, 0.3) is 0 Å². The van der Waals surface area contributed by atoms with Crippen molar-refractivity contribution in [2.75, 3.05) is 18.6 Å². The molecule has 0 aromatic heterocycles. The Balaban J connectivity index is 2.29. The van der Waals surface area contributed by atoms with Gasteiger partial charge in [0.2, 0.25) is 5.91 Å². The normalized spacial score (nSPS) is 22.4. The second kappa shape index (κ2) is 6.75. The minimum atomic E-state index is -0.889. The summed E-state index contributed by atoms with van der Waals surface area (Å²) in [5, 5.41) is 3.24. The maximum Gasteiger partial charge on any atom is 0.241 e. The van der Waals surface area contributed by atoms with Crippen LogP contribution in [0, 0.1) is 17.6 Å². The van der Waals surface area contributed by atoms with E-state index in [1.54, 1.807) is 16.7 Å². The Bertz CT molecular complexity index is 524. The molecular weight excluding hydrogens is 294 g/mol. The van der Waals surface area contributed by atoms with Gasteiger partial charge in [-0.05, 0) is 29.9 Å². The van der Waals surface area contributed by atoms with E-state index in [4.69, 9.17) is 0 Å². The molecule has 2 unspecified atom stereocenters. The topological polar surface area (TPSA) is 32.3 Å². The molecule has 21 heavy (non-hydrogen) atoms. The third-order valence-electron chi connectivity index (χ3n) is 3.66. The van der Waals surface area contributed by atoms with Crippen LogP contribution in [-0.4, -0.2) is 35.4 Å². The highest BCUT2D eigenvalue weighted by Gasteiger charge is 2.40. The monoisotopic (exact) mass is 314 g/mol. The molecule has 0 spiro atoms. The number of nitrogens with zero attached hydrogens (tertiary/aromatic N) is 1. The average molecular weight is 314 g/mol. The number of carbonyl (C=O) groups is 1. The predicted octanol–water partition coefficient (Wildman–Crippen LogP) is 2.78. The van der Waals surface area contributed by atoms with E-state index in [1.165, 1.54) is 6.07 Å². The van der Waals surface area contributed by atoms with E-state index in [0.29, 0.717) is 12.1 Å². The molecule has 2 atom stereocenters. The molecule has 1 aliphatic rings. The fourth-order valence-corrected chi connectivity index (χ4v) is 2.88. The Kier molecular flexibility index (Phi) is 5.22. The number of nitrogens with one attached hydrogen (secondary N) is 1. The molecule has 0 radical (unpaired) electrons. The summed E-state index contributed by atoms with van der Waals surface area (Å²) in [5.74, 6) is -0.796. The number of hydrogen-bond donors (Lipinski definition) is 1. The fourth-order valence-electron chi connectivity index (χ4n) is 2.50.